The molecule has 0 bridgehead atoms. The highest BCUT2D eigenvalue weighted by molar-refractivity contribution is 6.30. The van der Waals surface area contributed by atoms with Crippen molar-refractivity contribution in [3.8, 4) is 5.88 Å². The molecule has 0 aliphatic carbocycles. The van der Waals surface area contributed by atoms with E-state index in [0.717, 1.165) is 6.07 Å². The lowest BCUT2D eigenvalue weighted by molar-refractivity contribution is -0.141. The number of aromatic nitrogens is 3. The second-order valence-corrected chi connectivity index (χ2v) is 5.25. The van der Waals surface area contributed by atoms with Crippen LogP contribution in [-0.2, 0) is 12.8 Å². The van der Waals surface area contributed by atoms with Gasteiger partial charge in [0.25, 0.3) is 5.56 Å². The molecule has 3 heterocycles. The molecular weight excluding hydrogens is 347 g/mol. The van der Waals surface area contributed by atoms with Crippen molar-refractivity contribution >= 4 is 17.2 Å². The van der Waals surface area contributed by atoms with Gasteiger partial charge in [-0.05, 0) is 18.2 Å². The zero-order valence-corrected chi connectivity index (χ0v) is 12.7. The predicted molar refractivity (Wildman–Crippen MR) is 80.0 cm³/mol. The zero-order valence-electron chi connectivity index (χ0n) is 11.9. The first kappa shape index (κ1) is 16.3. The van der Waals surface area contributed by atoms with Crippen LogP contribution in [0.5, 0.6) is 5.88 Å². The topological polar surface area (TPSA) is 56.5 Å². The molecule has 3 aromatic rings. The molecule has 24 heavy (non-hydrogen) atoms. The molecule has 0 saturated carbocycles. The number of hydrogen-bond donors (Lipinski definition) is 0. The van der Waals surface area contributed by atoms with Crippen LogP contribution in [0.25, 0.3) is 5.65 Å². The Morgan fingerprint density at radius 2 is 1.96 bits per heavy atom. The van der Waals surface area contributed by atoms with Crippen LogP contribution >= 0.6 is 11.6 Å². The largest absolute Gasteiger partial charge is 0.471 e. The van der Waals surface area contributed by atoms with Gasteiger partial charge in [0, 0.05) is 18.3 Å². The van der Waals surface area contributed by atoms with E-state index in [1.807, 2.05) is 0 Å². The number of halogens is 4. The summed E-state index contributed by atoms with van der Waals surface area (Å²) in [5.74, 6) is -0.206. The molecule has 3 aromatic heterocycles. The van der Waals surface area contributed by atoms with Gasteiger partial charge in [-0.15, -0.1) is 0 Å². The summed E-state index contributed by atoms with van der Waals surface area (Å²) < 4.78 is 44.3. The number of rotatable bonds is 3. The summed E-state index contributed by atoms with van der Waals surface area (Å²) >= 11 is 5.81. The monoisotopic (exact) mass is 355 g/mol. The second-order valence-electron chi connectivity index (χ2n) is 4.81. The van der Waals surface area contributed by atoms with Crippen LogP contribution in [0.4, 0.5) is 13.2 Å². The van der Waals surface area contributed by atoms with E-state index in [-0.39, 0.29) is 23.7 Å². The third kappa shape index (κ3) is 3.48. The molecule has 0 spiro atoms. The highest BCUT2D eigenvalue weighted by Crippen LogP contribution is 2.28. The van der Waals surface area contributed by atoms with Gasteiger partial charge in [-0.25, -0.2) is 9.97 Å². The summed E-state index contributed by atoms with van der Waals surface area (Å²) in [4.78, 5) is 19.6. The van der Waals surface area contributed by atoms with Crippen molar-refractivity contribution in [2.75, 3.05) is 0 Å². The molecule has 0 saturated heterocycles. The van der Waals surface area contributed by atoms with Crippen LogP contribution in [0.2, 0.25) is 5.02 Å². The normalized spacial score (nSPS) is 11.7. The third-order valence-corrected chi connectivity index (χ3v) is 3.28. The smallest absolute Gasteiger partial charge is 0.433 e. The number of pyridine rings is 2. The average Bonchev–Trinajstić information content (AvgIpc) is 2.53. The minimum absolute atomic E-state index is 0.192. The number of fused-ring (bicyclic) bond motifs is 1. The predicted octanol–water partition coefficient (Wildman–Crippen LogP) is 3.34. The fourth-order valence-corrected chi connectivity index (χ4v) is 2.16. The molecule has 0 aliphatic rings. The molecular formula is C15H9ClF3N3O2. The maximum Gasteiger partial charge on any atom is 0.433 e. The van der Waals surface area contributed by atoms with Crippen molar-refractivity contribution in [1.82, 2.24) is 14.4 Å². The van der Waals surface area contributed by atoms with Crippen LogP contribution in [0.1, 0.15) is 11.4 Å². The Labute approximate surface area is 138 Å². The van der Waals surface area contributed by atoms with Gasteiger partial charge in [0.05, 0.1) is 10.7 Å². The van der Waals surface area contributed by atoms with E-state index in [1.54, 1.807) is 12.1 Å². The standard InChI is InChI=1S/C15H9ClF3N3O2/c16-9-4-5-12-20-10(6-14(23)22(12)7-9)8-24-13-3-1-2-11(21-13)15(17,18)19/h1-7H,8H2. The quantitative estimate of drug-likeness (QED) is 0.723. The first-order valence-corrected chi connectivity index (χ1v) is 7.05. The molecule has 0 amide bonds. The van der Waals surface area contributed by atoms with E-state index < -0.39 is 11.9 Å². The van der Waals surface area contributed by atoms with Gasteiger partial charge in [-0.1, -0.05) is 17.7 Å². The molecule has 0 atom stereocenters. The Balaban J connectivity index is 1.84. The summed E-state index contributed by atoms with van der Waals surface area (Å²) in [6, 6.07) is 7.67. The fourth-order valence-electron chi connectivity index (χ4n) is 2.00. The van der Waals surface area contributed by atoms with Crippen molar-refractivity contribution in [2.45, 2.75) is 12.8 Å². The molecule has 0 fully saturated rings. The van der Waals surface area contributed by atoms with Gasteiger partial charge in [0.1, 0.15) is 17.9 Å². The summed E-state index contributed by atoms with van der Waals surface area (Å²) in [7, 11) is 0. The number of hydrogen-bond acceptors (Lipinski definition) is 4. The Kier molecular flexibility index (Phi) is 4.15. The van der Waals surface area contributed by atoms with Gasteiger partial charge in [-0.3, -0.25) is 9.20 Å². The Morgan fingerprint density at radius 1 is 1.17 bits per heavy atom. The van der Waals surface area contributed by atoms with Crippen LogP contribution in [0, 0.1) is 0 Å². The summed E-state index contributed by atoms with van der Waals surface area (Å²) in [5.41, 5.74) is -0.816. The van der Waals surface area contributed by atoms with E-state index in [9.17, 15) is 18.0 Å². The summed E-state index contributed by atoms with van der Waals surface area (Å²) in [5, 5.41) is 0.378. The molecule has 0 radical (unpaired) electrons. The highest BCUT2D eigenvalue weighted by Gasteiger charge is 2.32. The molecule has 124 valence electrons. The van der Waals surface area contributed by atoms with Gasteiger partial charge >= 0.3 is 6.18 Å². The Bertz CT molecular complexity index is 957. The highest BCUT2D eigenvalue weighted by atomic mass is 35.5. The van der Waals surface area contributed by atoms with Crippen molar-refractivity contribution in [2.24, 2.45) is 0 Å². The van der Waals surface area contributed by atoms with Gasteiger partial charge in [-0.2, -0.15) is 13.2 Å². The summed E-state index contributed by atoms with van der Waals surface area (Å²) in [6.07, 6.45) is -3.14. The van der Waals surface area contributed by atoms with Crippen LogP contribution < -0.4 is 10.3 Å². The van der Waals surface area contributed by atoms with Crippen molar-refractivity contribution < 1.29 is 17.9 Å². The van der Waals surface area contributed by atoms with E-state index in [4.69, 9.17) is 16.3 Å². The van der Waals surface area contributed by atoms with Crippen molar-refractivity contribution in [3.63, 3.8) is 0 Å². The molecule has 0 aliphatic heterocycles. The van der Waals surface area contributed by atoms with Crippen LogP contribution in [-0.4, -0.2) is 14.4 Å². The average molecular weight is 356 g/mol. The first-order valence-electron chi connectivity index (χ1n) is 6.68. The van der Waals surface area contributed by atoms with E-state index in [1.165, 1.54) is 28.8 Å². The number of alkyl halides is 3. The lowest BCUT2D eigenvalue weighted by Crippen LogP contribution is -2.16. The van der Waals surface area contributed by atoms with E-state index >= 15 is 0 Å². The van der Waals surface area contributed by atoms with Crippen LogP contribution in [0.3, 0.4) is 0 Å². The van der Waals surface area contributed by atoms with E-state index in [0.29, 0.717) is 10.7 Å². The fraction of sp³-hybridized carbons (Fsp3) is 0.133. The molecule has 9 heteroatoms. The Hall–Kier alpha value is -2.61. The van der Waals surface area contributed by atoms with Crippen LogP contribution in [0.15, 0.2) is 47.4 Å². The summed E-state index contributed by atoms with van der Waals surface area (Å²) in [6.45, 7) is -0.192. The lowest BCUT2D eigenvalue weighted by Gasteiger charge is -2.09. The van der Waals surface area contributed by atoms with Gasteiger partial charge in [0.15, 0.2) is 0 Å². The van der Waals surface area contributed by atoms with Crippen molar-refractivity contribution in [1.29, 1.82) is 0 Å². The molecule has 0 aromatic carbocycles. The maximum absolute atomic E-state index is 12.6. The molecule has 5 nitrogen and oxygen atoms in total. The van der Waals surface area contributed by atoms with E-state index in [2.05, 4.69) is 9.97 Å². The third-order valence-electron chi connectivity index (χ3n) is 3.06. The SMILES string of the molecule is O=c1cc(COc2cccc(C(F)(F)F)n2)nc2ccc(Cl)cn12. The van der Waals surface area contributed by atoms with Crippen molar-refractivity contribution in [3.05, 3.63) is 69.4 Å². The molecule has 0 N–H and O–H groups in total. The minimum Gasteiger partial charge on any atom is -0.471 e. The first-order chi connectivity index (χ1) is 11.3. The van der Waals surface area contributed by atoms with Gasteiger partial charge in [0.2, 0.25) is 5.88 Å². The number of nitrogens with zero attached hydrogens (tertiary/aromatic N) is 3. The maximum atomic E-state index is 12.6. The number of ether oxygens (including phenoxy) is 1. The van der Waals surface area contributed by atoms with Gasteiger partial charge < -0.3 is 4.74 Å². The molecule has 3 rings (SSSR count). The Morgan fingerprint density at radius 3 is 2.71 bits per heavy atom. The lowest BCUT2D eigenvalue weighted by atomic mass is 10.3. The second kappa shape index (κ2) is 6.12. The minimum atomic E-state index is -4.56. The zero-order chi connectivity index (χ0) is 17.3. The molecule has 0 unspecified atom stereocenters.